The lowest BCUT2D eigenvalue weighted by Gasteiger charge is -2.35. The fourth-order valence-electron chi connectivity index (χ4n) is 2.46. The minimum Gasteiger partial charge on any atom is -0.479 e. The molecular formula is C14H18N2O4S. The molecule has 2 fully saturated rings. The summed E-state index contributed by atoms with van der Waals surface area (Å²) in [4.78, 5) is 28.3. The van der Waals surface area contributed by atoms with Crippen molar-refractivity contribution >= 4 is 23.3 Å². The van der Waals surface area contributed by atoms with Gasteiger partial charge in [0, 0.05) is 17.5 Å². The third-order valence-corrected chi connectivity index (χ3v) is 4.61. The van der Waals surface area contributed by atoms with Crippen molar-refractivity contribution in [3.05, 3.63) is 22.4 Å². The van der Waals surface area contributed by atoms with Crippen molar-refractivity contribution in [3.63, 3.8) is 0 Å². The standard InChI is InChI=1S/C14H18N2O4S/c17-13(18)12-9-15(5-6-20-12)14(19)16(10-3-4-10)8-11-2-1-7-21-11/h1-2,7,10,12H,3-6,8-9H2,(H,17,18). The Labute approximate surface area is 126 Å². The zero-order valence-electron chi connectivity index (χ0n) is 11.6. The number of urea groups is 1. The Bertz CT molecular complexity index is 515. The van der Waals surface area contributed by atoms with Gasteiger partial charge in [-0.15, -0.1) is 11.3 Å². The van der Waals surface area contributed by atoms with Crippen molar-refractivity contribution in [3.8, 4) is 0 Å². The number of hydrogen-bond donors (Lipinski definition) is 1. The largest absolute Gasteiger partial charge is 0.479 e. The fraction of sp³-hybridized carbons (Fsp3) is 0.571. The predicted octanol–water partition coefficient (Wildman–Crippen LogP) is 1.62. The summed E-state index contributed by atoms with van der Waals surface area (Å²) in [6.07, 6.45) is 1.15. The summed E-state index contributed by atoms with van der Waals surface area (Å²) >= 11 is 1.63. The van der Waals surface area contributed by atoms with E-state index >= 15 is 0 Å². The maximum Gasteiger partial charge on any atom is 0.334 e. The average Bonchev–Trinajstić information content (AvgIpc) is 3.20. The number of thiophene rings is 1. The van der Waals surface area contributed by atoms with E-state index in [2.05, 4.69) is 0 Å². The van der Waals surface area contributed by atoms with Crippen molar-refractivity contribution in [2.45, 2.75) is 31.5 Å². The molecule has 2 amide bonds. The fourth-order valence-corrected chi connectivity index (χ4v) is 3.17. The molecule has 1 aromatic rings. The number of carbonyl (C=O) groups excluding carboxylic acids is 1. The lowest BCUT2D eigenvalue weighted by Crippen LogP contribution is -2.53. The second-order valence-corrected chi connectivity index (χ2v) is 6.40. The lowest BCUT2D eigenvalue weighted by atomic mass is 10.3. The lowest BCUT2D eigenvalue weighted by molar-refractivity contribution is -0.154. The van der Waals surface area contributed by atoms with Crippen molar-refractivity contribution in [1.29, 1.82) is 0 Å². The predicted molar refractivity (Wildman–Crippen MR) is 77.2 cm³/mol. The molecule has 0 bridgehead atoms. The van der Waals surface area contributed by atoms with Crippen LogP contribution in [0.15, 0.2) is 17.5 Å². The van der Waals surface area contributed by atoms with Crippen molar-refractivity contribution in [2.75, 3.05) is 19.7 Å². The number of morpholine rings is 1. The summed E-state index contributed by atoms with van der Waals surface area (Å²) in [7, 11) is 0. The third kappa shape index (κ3) is 3.36. The van der Waals surface area contributed by atoms with Crippen molar-refractivity contribution < 1.29 is 19.4 Å². The second kappa shape index (κ2) is 6.03. The van der Waals surface area contributed by atoms with Crippen molar-refractivity contribution in [1.82, 2.24) is 9.80 Å². The number of carboxylic acid groups (broad SMARTS) is 1. The van der Waals surface area contributed by atoms with Gasteiger partial charge in [0.2, 0.25) is 0 Å². The molecule has 2 heterocycles. The molecule has 3 rings (SSSR count). The maximum absolute atomic E-state index is 12.7. The molecule has 0 aromatic carbocycles. The summed E-state index contributed by atoms with van der Waals surface area (Å²) in [6, 6.07) is 4.23. The Morgan fingerprint density at radius 2 is 2.29 bits per heavy atom. The molecule has 1 unspecified atom stereocenters. The van der Waals surface area contributed by atoms with Crippen LogP contribution in [0, 0.1) is 0 Å². The van der Waals surface area contributed by atoms with Gasteiger partial charge in [-0.2, -0.15) is 0 Å². The van der Waals surface area contributed by atoms with Crippen LogP contribution in [0.2, 0.25) is 0 Å². The number of amides is 2. The highest BCUT2D eigenvalue weighted by molar-refractivity contribution is 7.09. The monoisotopic (exact) mass is 310 g/mol. The number of hydrogen-bond acceptors (Lipinski definition) is 4. The first-order chi connectivity index (χ1) is 10.1. The molecule has 21 heavy (non-hydrogen) atoms. The number of nitrogens with zero attached hydrogens (tertiary/aromatic N) is 2. The van der Waals surface area contributed by atoms with Crippen LogP contribution < -0.4 is 0 Å². The van der Waals surface area contributed by atoms with E-state index in [9.17, 15) is 9.59 Å². The minimum atomic E-state index is -1.01. The Morgan fingerprint density at radius 1 is 1.48 bits per heavy atom. The van der Waals surface area contributed by atoms with E-state index < -0.39 is 12.1 Å². The van der Waals surface area contributed by atoms with Gasteiger partial charge >= 0.3 is 12.0 Å². The molecule has 1 N–H and O–H groups in total. The van der Waals surface area contributed by atoms with Gasteiger partial charge in [-0.3, -0.25) is 0 Å². The summed E-state index contributed by atoms with van der Waals surface area (Å²) in [5, 5.41) is 11.0. The van der Waals surface area contributed by atoms with Crippen LogP contribution in [0.4, 0.5) is 4.79 Å². The second-order valence-electron chi connectivity index (χ2n) is 5.36. The van der Waals surface area contributed by atoms with E-state index in [1.807, 2.05) is 22.4 Å². The number of rotatable bonds is 4. The van der Waals surface area contributed by atoms with Crippen LogP contribution in [0.3, 0.4) is 0 Å². The maximum atomic E-state index is 12.7. The van der Waals surface area contributed by atoms with Crippen LogP contribution in [0.25, 0.3) is 0 Å². The Morgan fingerprint density at radius 3 is 2.90 bits per heavy atom. The van der Waals surface area contributed by atoms with Crippen LogP contribution in [0.5, 0.6) is 0 Å². The molecule has 7 heteroatoms. The number of aliphatic carboxylic acids is 1. The van der Waals surface area contributed by atoms with E-state index in [4.69, 9.17) is 9.84 Å². The highest BCUT2D eigenvalue weighted by Crippen LogP contribution is 2.30. The first kappa shape index (κ1) is 14.3. The molecule has 0 spiro atoms. The van der Waals surface area contributed by atoms with E-state index in [0.29, 0.717) is 19.1 Å². The Kier molecular flexibility index (Phi) is 4.12. The molecule has 1 aliphatic carbocycles. The van der Waals surface area contributed by atoms with E-state index in [1.165, 1.54) is 0 Å². The van der Waals surface area contributed by atoms with E-state index in [0.717, 1.165) is 17.7 Å². The molecular weight excluding hydrogens is 292 g/mol. The number of carboxylic acids is 1. The van der Waals surface area contributed by atoms with Gasteiger partial charge in [-0.05, 0) is 24.3 Å². The highest BCUT2D eigenvalue weighted by atomic mass is 32.1. The first-order valence-electron chi connectivity index (χ1n) is 7.07. The molecule has 1 saturated heterocycles. The van der Waals surface area contributed by atoms with Crippen molar-refractivity contribution in [2.24, 2.45) is 0 Å². The third-order valence-electron chi connectivity index (χ3n) is 3.75. The molecule has 1 atom stereocenters. The van der Waals surface area contributed by atoms with Gasteiger partial charge in [0.25, 0.3) is 0 Å². The molecule has 1 aromatic heterocycles. The Hall–Kier alpha value is -1.60. The van der Waals surface area contributed by atoms with Gasteiger partial charge < -0.3 is 19.6 Å². The molecule has 2 aliphatic rings. The van der Waals surface area contributed by atoms with Gasteiger partial charge in [0.15, 0.2) is 6.10 Å². The molecule has 114 valence electrons. The molecule has 1 aliphatic heterocycles. The zero-order chi connectivity index (χ0) is 14.8. The quantitative estimate of drug-likeness (QED) is 0.917. The summed E-state index contributed by atoms with van der Waals surface area (Å²) in [6.45, 7) is 1.47. The summed E-state index contributed by atoms with van der Waals surface area (Å²) in [5.74, 6) is -1.01. The van der Waals surface area contributed by atoms with Crippen LogP contribution in [0.1, 0.15) is 17.7 Å². The van der Waals surface area contributed by atoms with Gasteiger partial charge in [-0.25, -0.2) is 9.59 Å². The average molecular weight is 310 g/mol. The van der Waals surface area contributed by atoms with Crippen LogP contribution >= 0.6 is 11.3 Å². The summed E-state index contributed by atoms with van der Waals surface area (Å²) in [5.41, 5.74) is 0. The van der Waals surface area contributed by atoms with Crippen LogP contribution in [-0.2, 0) is 16.1 Å². The zero-order valence-corrected chi connectivity index (χ0v) is 12.4. The first-order valence-corrected chi connectivity index (χ1v) is 7.95. The SMILES string of the molecule is O=C(O)C1CN(C(=O)N(Cc2cccs2)C2CC2)CCO1. The number of carbonyl (C=O) groups is 2. The minimum absolute atomic E-state index is 0.0690. The smallest absolute Gasteiger partial charge is 0.334 e. The van der Waals surface area contributed by atoms with E-state index in [1.54, 1.807) is 16.2 Å². The molecule has 0 radical (unpaired) electrons. The normalized spacial score (nSPS) is 22.1. The van der Waals surface area contributed by atoms with Gasteiger partial charge in [0.1, 0.15) is 0 Å². The van der Waals surface area contributed by atoms with Gasteiger partial charge in [0.05, 0.1) is 19.7 Å². The van der Waals surface area contributed by atoms with Gasteiger partial charge in [-0.1, -0.05) is 6.07 Å². The Balaban J connectivity index is 1.67. The summed E-state index contributed by atoms with van der Waals surface area (Å²) < 4.78 is 5.17. The highest BCUT2D eigenvalue weighted by Gasteiger charge is 2.37. The molecule has 6 nitrogen and oxygen atoms in total. The number of ether oxygens (including phenoxy) is 1. The topological polar surface area (TPSA) is 70.1 Å². The van der Waals surface area contributed by atoms with E-state index in [-0.39, 0.29) is 19.2 Å². The van der Waals surface area contributed by atoms with Crippen LogP contribution in [-0.4, -0.2) is 58.7 Å². The molecule has 1 saturated carbocycles.